The molecule has 0 aromatic heterocycles. The fraction of sp³-hybridized carbons (Fsp3) is 0.786. The topological polar surface area (TPSA) is 79.2 Å². The molecule has 130 valence electrons. The average molecular weight is 336 g/mol. The molecular weight excluding hydrogens is 317 g/mol. The highest BCUT2D eigenvalue weighted by Gasteiger charge is 2.64. The minimum Gasteiger partial charge on any atom is -0.459 e. The van der Waals surface area contributed by atoms with E-state index >= 15 is 0 Å². The van der Waals surface area contributed by atoms with E-state index < -0.39 is 30.2 Å². The van der Waals surface area contributed by atoms with Crippen molar-refractivity contribution in [3.8, 4) is 0 Å². The monoisotopic (exact) mass is 336 g/mol. The Kier molecular flexibility index (Phi) is 4.98. The summed E-state index contributed by atoms with van der Waals surface area (Å²) in [6, 6.07) is 0. The molecule has 1 aliphatic heterocycles. The number of carbonyl (C=O) groups excluding carboxylic acids is 2. The van der Waals surface area contributed by atoms with Gasteiger partial charge >= 0.3 is 18.1 Å². The smallest absolute Gasteiger partial charge is 0.438 e. The van der Waals surface area contributed by atoms with Crippen molar-refractivity contribution >= 4 is 17.6 Å². The second kappa shape index (κ2) is 6.46. The van der Waals surface area contributed by atoms with Crippen LogP contribution in [0.5, 0.6) is 0 Å². The summed E-state index contributed by atoms with van der Waals surface area (Å²) < 4.78 is 44.3. The van der Waals surface area contributed by atoms with E-state index in [-0.39, 0.29) is 23.2 Å². The molecule has 0 saturated heterocycles. The molecule has 1 N–H and O–H groups in total. The van der Waals surface area contributed by atoms with E-state index in [1.54, 1.807) is 0 Å². The quantitative estimate of drug-likeness (QED) is 0.618. The molecule has 1 fully saturated rings. The van der Waals surface area contributed by atoms with E-state index in [9.17, 15) is 27.9 Å². The Balaban J connectivity index is 2.30. The number of carbonyl (C=O) groups is 2. The molecule has 2 rings (SSSR count). The van der Waals surface area contributed by atoms with Gasteiger partial charge in [0.1, 0.15) is 0 Å². The number of halogens is 3. The second-order valence-corrected chi connectivity index (χ2v) is 5.75. The Bertz CT molecular complexity index is 515. The van der Waals surface area contributed by atoms with Crippen molar-refractivity contribution in [3.05, 3.63) is 0 Å². The molecule has 2 aliphatic rings. The van der Waals surface area contributed by atoms with Crippen molar-refractivity contribution in [2.24, 2.45) is 11.0 Å². The summed E-state index contributed by atoms with van der Waals surface area (Å²) in [7, 11) is 0. The van der Waals surface area contributed by atoms with Gasteiger partial charge in [0.2, 0.25) is 0 Å². The number of hydrazone groups is 1. The molecule has 9 heteroatoms. The lowest BCUT2D eigenvalue weighted by molar-refractivity contribution is -0.302. The number of alkyl halides is 3. The van der Waals surface area contributed by atoms with Crippen LogP contribution < -0.4 is 0 Å². The van der Waals surface area contributed by atoms with Gasteiger partial charge in [0.05, 0.1) is 6.61 Å². The van der Waals surface area contributed by atoms with Gasteiger partial charge in [-0.25, -0.2) is 4.79 Å². The standard InChI is InChI=1S/C14H19F3N2O4/c1-2-23-12(21)11(20)19-13(22,14(15,16)17)8-10(18-19)9-6-4-3-5-7-9/h9,22H,2-8H2,1H3/t13-/m1/s1. The lowest BCUT2D eigenvalue weighted by Crippen LogP contribution is -2.58. The second-order valence-electron chi connectivity index (χ2n) is 5.75. The molecule has 1 amide bonds. The first kappa shape index (κ1) is 17.7. The SMILES string of the molecule is CCOC(=O)C(=O)N1N=C(C2CCCCC2)C[C@@]1(O)C(F)(F)F. The fourth-order valence-corrected chi connectivity index (χ4v) is 2.95. The summed E-state index contributed by atoms with van der Waals surface area (Å²) in [5.41, 5.74) is -3.38. The summed E-state index contributed by atoms with van der Waals surface area (Å²) in [6.07, 6.45) is -1.91. The van der Waals surface area contributed by atoms with Gasteiger partial charge in [0.15, 0.2) is 0 Å². The lowest BCUT2D eigenvalue weighted by atomic mass is 9.83. The minimum atomic E-state index is -5.13. The molecule has 0 bridgehead atoms. The normalized spacial score (nSPS) is 26.1. The van der Waals surface area contributed by atoms with Crippen LogP contribution in [0.4, 0.5) is 13.2 Å². The third-order valence-electron chi connectivity index (χ3n) is 4.18. The van der Waals surface area contributed by atoms with Crippen molar-refractivity contribution in [1.82, 2.24) is 5.01 Å². The Morgan fingerprint density at radius 1 is 1.35 bits per heavy atom. The number of rotatable bonds is 2. The molecule has 0 radical (unpaired) electrons. The predicted octanol–water partition coefficient (Wildman–Crippen LogP) is 1.97. The van der Waals surface area contributed by atoms with Gasteiger partial charge in [-0.05, 0) is 25.7 Å². The number of nitrogens with zero attached hydrogens (tertiary/aromatic N) is 2. The minimum absolute atomic E-state index is 0.113. The van der Waals surface area contributed by atoms with E-state index in [2.05, 4.69) is 9.84 Å². The molecule has 6 nitrogen and oxygen atoms in total. The lowest BCUT2D eigenvalue weighted by Gasteiger charge is -2.32. The highest BCUT2D eigenvalue weighted by molar-refractivity contribution is 6.32. The van der Waals surface area contributed by atoms with Crippen molar-refractivity contribution in [3.63, 3.8) is 0 Å². The third-order valence-corrected chi connectivity index (χ3v) is 4.18. The van der Waals surface area contributed by atoms with Gasteiger partial charge in [-0.15, -0.1) is 0 Å². The molecule has 1 atom stereocenters. The number of aliphatic hydroxyl groups is 1. The van der Waals surface area contributed by atoms with E-state index in [4.69, 9.17) is 0 Å². The van der Waals surface area contributed by atoms with Gasteiger partial charge in [0.25, 0.3) is 5.72 Å². The van der Waals surface area contributed by atoms with Crippen molar-refractivity contribution < 1.29 is 32.6 Å². The maximum Gasteiger partial charge on any atom is 0.438 e. The first-order chi connectivity index (χ1) is 10.7. The Labute approximate surface area is 131 Å². The fourth-order valence-electron chi connectivity index (χ4n) is 2.95. The summed E-state index contributed by atoms with van der Waals surface area (Å²) >= 11 is 0. The van der Waals surface area contributed by atoms with Crippen LogP contribution in [0.2, 0.25) is 0 Å². The zero-order valence-electron chi connectivity index (χ0n) is 12.7. The van der Waals surface area contributed by atoms with Crippen LogP contribution in [0.25, 0.3) is 0 Å². The number of hydrogen-bond acceptors (Lipinski definition) is 5. The van der Waals surface area contributed by atoms with Gasteiger partial charge in [-0.2, -0.15) is 23.3 Å². The van der Waals surface area contributed by atoms with E-state index in [0.717, 1.165) is 19.3 Å². The van der Waals surface area contributed by atoms with Gasteiger partial charge in [0, 0.05) is 12.1 Å². The maximum absolute atomic E-state index is 13.3. The van der Waals surface area contributed by atoms with E-state index in [1.807, 2.05) is 0 Å². The summed E-state index contributed by atoms with van der Waals surface area (Å²) in [6.45, 7) is 1.25. The van der Waals surface area contributed by atoms with Gasteiger partial charge in [-0.3, -0.25) is 4.79 Å². The van der Waals surface area contributed by atoms with Crippen LogP contribution in [-0.4, -0.2) is 46.2 Å². The molecule has 23 heavy (non-hydrogen) atoms. The third kappa shape index (κ3) is 3.34. The van der Waals surface area contributed by atoms with Crippen LogP contribution in [0.1, 0.15) is 45.4 Å². The largest absolute Gasteiger partial charge is 0.459 e. The maximum atomic E-state index is 13.3. The molecule has 1 aliphatic carbocycles. The molecule has 1 heterocycles. The first-order valence-electron chi connectivity index (χ1n) is 7.58. The summed E-state index contributed by atoms with van der Waals surface area (Å²) in [5.74, 6) is -3.29. The number of esters is 1. The summed E-state index contributed by atoms with van der Waals surface area (Å²) in [4.78, 5) is 23.4. The predicted molar refractivity (Wildman–Crippen MR) is 73.1 cm³/mol. The zero-order chi connectivity index (χ0) is 17.3. The van der Waals surface area contributed by atoms with Crippen LogP contribution in [-0.2, 0) is 14.3 Å². The Morgan fingerprint density at radius 2 is 1.96 bits per heavy atom. The average Bonchev–Trinajstić information content (AvgIpc) is 2.86. The molecule has 0 aromatic rings. The van der Waals surface area contributed by atoms with E-state index in [1.165, 1.54) is 6.92 Å². The Morgan fingerprint density at radius 3 is 2.48 bits per heavy atom. The van der Waals surface area contributed by atoms with Crippen molar-refractivity contribution in [1.29, 1.82) is 0 Å². The van der Waals surface area contributed by atoms with Crippen LogP contribution in [0.15, 0.2) is 5.10 Å². The van der Waals surface area contributed by atoms with Crippen LogP contribution >= 0.6 is 0 Å². The van der Waals surface area contributed by atoms with Crippen molar-refractivity contribution in [2.45, 2.75) is 57.3 Å². The highest BCUT2D eigenvalue weighted by atomic mass is 19.4. The molecule has 0 unspecified atom stereocenters. The highest BCUT2D eigenvalue weighted by Crippen LogP contribution is 2.43. The Hall–Kier alpha value is -1.64. The molecular formula is C14H19F3N2O4. The van der Waals surface area contributed by atoms with Gasteiger partial charge < -0.3 is 9.84 Å². The summed E-state index contributed by atoms with van der Waals surface area (Å²) in [5, 5.41) is 13.5. The number of hydrogen-bond donors (Lipinski definition) is 1. The van der Waals surface area contributed by atoms with Gasteiger partial charge in [-0.1, -0.05) is 19.3 Å². The molecule has 1 saturated carbocycles. The number of amides is 1. The van der Waals surface area contributed by atoms with Crippen LogP contribution in [0, 0.1) is 5.92 Å². The molecule has 0 spiro atoms. The zero-order valence-corrected chi connectivity index (χ0v) is 12.7. The van der Waals surface area contributed by atoms with Crippen LogP contribution in [0.3, 0.4) is 0 Å². The molecule has 0 aromatic carbocycles. The first-order valence-corrected chi connectivity index (χ1v) is 7.58. The number of ether oxygens (including phenoxy) is 1. The van der Waals surface area contributed by atoms with Crippen molar-refractivity contribution in [2.75, 3.05) is 6.61 Å². The van der Waals surface area contributed by atoms with E-state index in [0.29, 0.717) is 12.8 Å².